The number of rotatable bonds is 3. The van der Waals surface area contributed by atoms with E-state index in [4.69, 9.17) is 0 Å². The van der Waals surface area contributed by atoms with E-state index in [1.165, 1.54) is 10.3 Å². The van der Waals surface area contributed by atoms with Crippen molar-refractivity contribution >= 4 is 43.2 Å². The zero-order chi connectivity index (χ0) is 14.1. The van der Waals surface area contributed by atoms with Crippen LogP contribution in [0.3, 0.4) is 0 Å². The zero-order valence-corrected chi connectivity index (χ0v) is 13.8. The molecule has 1 unspecified atom stereocenters. The molecule has 1 heterocycles. The Kier molecular flexibility index (Phi) is 3.76. The van der Waals surface area contributed by atoms with Gasteiger partial charge in [-0.2, -0.15) is 0 Å². The number of nitrogens with one attached hydrogen (secondary N) is 1. The highest BCUT2D eigenvalue weighted by molar-refractivity contribution is 9.10. The molecule has 0 saturated carbocycles. The van der Waals surface area contributed by atoms with Crippen molar-refractivity contribution in [2.24, 2.45) is 0 Å². The molecule has 0 aliphatic rings. The van der Waals surface area contributed by atoms with Gasteiger partial charge in [0.25, 0.3) is 0 Å². The average Bonchev–Trinajstić information content (AvgIpc) is 2.78. The smallest absolute Gasteiger partial charge is 0.0907 e. The summed E-state index contributed by atoms with van der Waals surface area (Å²) >= 11 is 5.20. The van der Waals surface area contributed by atoms with E-state index in [1.54, 1.807) is 11.3 Å². The third-order valence-electron chi connectivity index (χ3n) is 3.25. The summed E-state index contributed by atoms with van der Waals surface area (Å²) in [4.78, 5) is 4.49. The van der Waals surface area contributed by atoms with Gasteiger partial charge >= 0.3 is 0 Å². The van der Waals surface area contributed by atoms with Crippen LogP contribution in [0, 0.1) is 6.92 Å². The first kappa shape index (κ1) is 13.6. The van der Waals surface area contributed by atoms with Crippen molar-refractivity contribution in [2.75, 3.05) is 5.32 Å². The summed E-state index contributed by atoms with van der Waals surface area (Å²) in [6.45, 7) is 4.22. The maximum absolute atomic E-state index is 4.49. The van der Waals surface area contributed by atoms with Gasteiger partial charge in [0.05, 0.1) is 15.2 Å². The molecule has 2 aromatic carbocycles. The summed E-state index contributed by atoms with van der Waals surface area (Å²) in [7, 11) is 0. The standard InChI is InChI=1S/C16H15BrN2S/c1-10(12-3-5-13(17)6-4-12)18-14-7-8-15-16(9-14)20-11(2)19-15/h3-10,18H,1-2H3. The molecular weight excluding hydrogens is 332 g/mol. The maximum atomic E-state index is 4.49. The average molecular weight is 347 g/mol. The highest BCUT2D eigenvalue weighted by atomic mass is 79.9. The van der Waals surface area contributed by atoms with Gasteiger partial charge in [0.2, 0.25) is 0 Å². The Morgan fingerprint density at radius 2 is 1.90 bits per heavy atom. The van der Waals surface area contributed by atoms with Crippen molar-refractivity contribution in [1.29, 1.82) is 0 Å². The Bertz CT molecular complexity index is 734. The van der Waals surface area contributed by atoms with Gasteiger partial charge in [-0.25, -0.2) is 4.98 Å². The number of aryl methyl sites for hydroxylation is 1. The Labute approximate surface area is 131 Å². The van der Waals surface area contributed by atoms with E-state index < -0.39 is 0 Å². The molecule has 0 saturated heterocycles. The quantitative estimate of drug-likeness (QED) is 0.673. The molecular formula is C16H15BrN2S. The molecule has 4 heteroatoms. The number of anilines is 1. The number of aromatic nitrogens is 1. The normalized spacial score (nSPS) is 12.6. The van der Waals surface area contributed by atoms with Crippen LogP contribution >= 0.6 is 27.3 Å². The molecule has 3 rings (SSSR count). The Morgan fingerprint density at radius 1 is 1.15 bits per heavy atom. The van der Waals surface area contributed by atoms with Gasteiger partial charge < -0.3 is 5.32 Å². The van der Waals surface area contributed by atoms with Crippen LogP contribution in [-0.4, -0.2) is 4.98 Å². The lowest BCUT2D eigenvalue weighted by Crippen LogP contribution is -2.06. The van der Waals surface area contributed by atoms with Crippen LogP contribution in [0.1, 0.15) is 23.5 Å². The third kappa shape index (κ3) is 2.86. The lowest BCUT2D eigenvalue weighted by molar-refractivity contribution is 0.885. The van der Waals surface area contributed by atoms with Gasteiger partial charge in [-0.3, -0.25) is 0 Å². The number of thiazole rings is 1. The molecule has 0 aliphatic carbocycles. The largest absolute Gasteiger partial charge is 0.378 e. The van der Waals surface area contributed by atoms with E-state index in [1.807, 2.05) is 6.92 Å². The molecule has 3 aromatic rings. The first-order valence-electron chi connectivity index (χ1n) is 6.51. The van der Waals surface area contributed by atoms with E-state index >= 15 is 0 Å². The molecule has 0 radical (unpaired) electrons. The van der Waals surface area contributed by atoms with Gasteiger partial charge in [0.15, 0.2) is 0 Å². The Balaban J connectivity index is 1.82. The highest BCUT2D eigenvalue weighted by Crippen LogP contribution is 2.27. The fourth-order valence-electron chi connectivity index (χ4n) is 2.21. The molecule has 102 valence electrons. The molecule has 0 spiro atoms. The summed E-state index contributed by atoms with van der Waals surface area (Å²) in [5.41, 5.74) is 3.49. The number of hydrogen-bond acceptors (Lipinski definition) is 3. The second kappa shape index (κ2) is 5.54. The molecule has 0 amide bonds. The topological polar surface area (TPSA) is 24.9 Å². The van der Waals surface area contributed by atoms with Crippen LogP contribution in [0.5, 0.6) is 0 Å². The van der Waals surface area contributed by atoms with Crippen molar-refractivity contribution in [2.45, 2.75) is 19.9 Å². The number of fused-ring (bicyclic) bond motifs is 1. The Hall–Kier alpha value is -1.39. The molecule has 1 aromatic heterocycles. The minimum atomic E-state index is 0.273. The predicted molar refractivity (Wildman–Crippen MR) is 90.5 cm³/mol. The number of benzene rings is 2. The van der Waals surface area contributed by atoms with Gasteiger partial charge in [0.1, 0.15) is 0 Å². The number of nitrogens with zero attached hydrogens (tertiary/aromatic N) is 1. The van der Waals surface area contributed by atoms with E-state index in [0.29, 0.717) is 0 Å². The summed E-state index contributed by atoms with van der Waals surface area (Å²) in [6.07, 6.45) is 0. The predicted octanol–water partition coefficient (Wildman–Crippen LogP) is 5.54. The first-order chi connectivity index (χ1) is 9.61. The summed E-state index contributed by atoms with van der Waals surface area (Å²) < 4.78 is 2.34. The lowest BCUT2D eigenvalue weighted by Gasteiger charge is -2.15. The fourth-order valence-corrected chi connectivity index (χ4v) is 3.35. The molecule has 0 bridgehead atoms. The summed E-state index contributed by atoms with van der Waals surface area (Å²) in [5, 5.41) is 4.65. The van der Waals surface area contributed by atoms with Crippen molar-refractivity contribution < 1.29 is 0 Å². The SMILES string of the molecule is Cc1nc2ccc(NC(C)c3ccc(Br)cc3)cc2s1. The van der Waals surface area contributed by atoms with Crippen LogP contribution in [-0.2, 0) is 0 Å². The fraction of sp³-hybridized carbons (Fsp3) is 0.188. The van der Waals surface area contributed by atoms with Crippen molar-refractivity contribution in [3.8, 4) is 0 Å². The van der Waals surface area contributed by atoms with Gasteiger partial charge in [-0.1, -0.05) is 28.1 Å². The zero-order valence-electron chi connectivity index (χ0n) is 11.4. The van der Waals surface area contributed by atoms with E-state index in [2.05, 4.69) is 75.6 Å². The van der Waals surface area contributed by atoms with Crippen LogP contribution < -0.4 is 5.32 Å². The van der Waals surface area contributed by atoms with Crippen molar-refractivity contribution in [1.82, 2.24) is 4.98 Å². The minimum absolute atomic E-state index is 0.273. The maximum Gasteiger partial charge on any atom is 0.0907 e. The van der Waals surface area contributed by atoms with Gasteiger partial charge in [-0.15, -0.1) is 11.3 Å². The van der Waals surface area contributed by atoms with Gasteiger partial charge in [-0.05, 0) is 49.7 Å². The van der Waals surface area contributed by atoms with E-state index in [9.17, 15) is 0 Å². The second-order valence-electron chi connectivity index (χ2n) is 4.83. The van der Waals surface area contributed by atoms with Crippen molar-refractivity contribution in [3.63, 3.8) is 0 Å². The van der Waals surface area contributed by atoms with E-state index in [-0.39, 0.29) is 6.04 Å². The third-order valence-corrected chi connectivity index (χ3v) is 4.71. The summed E-state index contributed by atoms with van der Waals surface area (Å²) in [6, 6.07) is 15.0. The number of halogens is 1. The molecule has 2 nitrogen and oxygen atoms in total. The first-order valence-corrected chi connectivity index (χ1v) is 8.12. The highest BCUT2D eigenvalue weighted by Gasteiger charge is 2.07. The molecule has 1 atom stereocenters. The second-order valence-corrected chi connectivity index (χ2v) is 6.98. The molecule has 0 fully saturated rings. The van der Waals surface area contributed by atoms with E-state index in [0.717, 1.165) is 20.7 Å². The van der Waals surface area contributed by atoms with Crippen LogP contribution in [0.25, 0.3) is 10.2 Å². The monoisotopic (exact) mass is 346 g/mol. The minimum Gasteiger partial charge on any atom is -0.378 e. The molecule has 20 heavy (non-hydrogen) atoms. The van der Waals surface area contributed by atoms with Gasteiger partial charge in [0, 0.05) is 16.2 Å². The molecule has 1 N–H and O–H groups in total. The van der Waals surface area contributed by atoms with Crippen LogP contribution in [0.15, 0.2) is 46.9 Å². The molecule has 0 aliphatic heterocycles. The van der Waals surface area contributed by atoms with Crippen LogP contribution in [0.4, 0.5) is 5.69 Å². The van der Waals surface area contributed by atoms with Crippen molar-refractivity contribution in [3.05, 3.63) is 57.5 Å². The Morgan fingerprint density at radius 3 is 2.65 bits per heavy atom. The van der Waals surface area contributed by atoms with Crippen LogP contribution in [0.2, 0.25) is 0 Å². The summed E-state index contributed by atoms with van der Waals surface area (Å²) in [5.74, 6) is 0. The number of hydrogen-bond donors (Lipinski definition) is 1. The lowest BCUT2D eigenvalue weighted by atomic mass is 10.1.